The van der Waals surface area contributed by atoms with Gasteiger partial charge in [-0.25, -0.2) is 4.57 Å². The Morgan fingerprint density at radius 1 is 0.481 bits per heavy atom. The van der Waals surface area contributed by atoms with E-state index in [4.69, 9.17) is 13.8 Å². The molecule has 0 aliphatic heterocycles. The van der Waals surface area contributed by atoms with Crippen LogP contribution in [0.2, 0.25) is 0 Å². The number of carbonyl (C=O) groups is 2. The summed E-state index contributed by atoms with van der Waals surface area (Å²) in [5.74, 6) is -0.542. The van der Waals surface area contributed by atoms with Gasteiger partial charge < -0.3 is 19.4 Å². The number of phosphoric acid groups is 1. The molecule has 0 radical (unpaired) electrons. The molecule has 0 saturated carbocycles. The average Bonchev–Trinajstić information content (AvgIpc) is 3.39. The average molecular weight is 1090 g/mol. The van der Waals surface area contributed by atoms with E-state index in [0.717, 1.165) is 141 Å². The number of quaternary nitrogens is 1. The van der Waals surface area contributed by atoms with Gasteiger partial charge in [0.15, 0.2) is 0 Å². The lowest BCUT2D eigenvalue weighted by Crippen LogP contribution is -2.47. The van der Waals surface area contributed by atoms with Gasteiger partial charge in [0, 0.05) is 12.8 Å². The zero-order chi connectivity index (χ0) is 56.4. The van der Waals surface area contributed by atoms with Gasteiger partial charge in [0.05, 0.1) is 33.8 Å². The molecule has 3 atom stereocenters. The molecule has 0 aromatic carbocycles. The number of amides is 1. The second-order valence-corrected chi connectivity index (χ2v) is 23.3. The number of allylic oxidation sites excluding steroid dienone is 17. The third-order valence-electron chi connectivity index (χ3n) is 13.2. The van der Waals surface area contributed by atoms with Crippen LogP contribution in [0, 0.1) is 0 Å². The van der Waals surface area contributed by atoms with Crippen molar-refractivity contribution in [3.63, 3.8) is 0 Å². The molecular formula is C67H118N2O7P+. The molecule has 0 bridgehead atoms. The first kappa shape index (κ1) is 73.7. The van der Waals surface area contributed by atoms with Crippen molar-refractivity contribution in [3.05, 3.63) is 109 Å². The monoisotopic (exact) mass is 1090 g/mol. The fourth-order valence-corrected chi connectivity index (χ4v) is 9.14. The van der Waals surface area contributed by atoms with Crippen molar-refractivity contribution in [1.29, 1.82) is 0 Å². The summed E-state index contributed by atoms with van der Waals surface area (Å²) in [5.41, 5.74) is 0. The quantitative estimate of drug-likeness (QED) is 0.0156. The van der Waals surface area contributed by atoms with E-state index in [1.54, 1.807) is 0 Å². The van der Waals surface area contributed by atoms with Crippen molar-refractivity contribution in [3.8, 4) is 0 Å². The van der Waals surface area contributed by atoms with Crippen LogP contribution in [0.4, 0.5) is 0 Å². The smallest absolute Gasteiger partial charge is 0.456 e. The Labute approximate surface area is 474 Å². The number of likely N-dealkylation sites (N-methyl/N-ethyl adjacent to an activating group) is 1. The molecule has 442 valence electrons. The third-order valence-corrected chi connectivity index (χ3v) is 14.2. The van der Waals surface area contributed by atoms with E-state index in [1.807, 2.05) is 33.3 Å². The van der Waals surface area contributed by atoms with Crippen LogP contribution in [-0.4, -0.2) is 74.3 Å². The lowest BCUT2D eigenvalue weighted by atomic mass is 10.1. The number of carbonyl (C=O) groups excluding carboxylic acids is 2. The number of hydrogen-bond donors (Lipinski definition) is 2. The molecule has 0 saturated heterocycles. The van der Waals surface area contributed by atoms with Crippen molar-refractivity contribution < 1.29 is 37.3 Å². The fourth-order valence-electron chi connectivity index (χ4n) is 8.40. The molecule has 0 fully saturated rings. The lowest BCUT2D eigenvalue weighted by Gasteiger charge is -2.27. The van der Waals surface area contributed by atoms with Gasteiger partial charge >= 0.3 is 13.8 Å². The largest absolute Gasteiger partial charge is 0.472 e. The fraction of sp³-hybridized carbons (Fsp3) is 0.701. The summed E-state index contributed by atoms with van der Waals surface area (Å²) in [6.45, 7) is 6.83. The second kappa shape index (κ2) is 56.0. The highest BCUT2D eigenvalue weighted by molar-refractivity contribution is 7.47. The van der Waals surface area contributed by atoms with Gasteiger partial charge in [0.1, 0.15) is 19.3 Å². The molecule has 10 heteroatoms. The van der Waals surface area contributed by atoms with Crippen molar-refractivity contribution in [2.24, 2.45) is 0 Å². The van der Waals surface area contributed by atoms with Gasteiger partial charge in [0.25, 0.3) is 0 Å². The van der Waals surface area contributed by atoms with Gasteiger partial charge in [-0.05, 0) is 109 Å². The van der Waals surface area contributed by atoms with Crippen molar-refractivity contribution in [2.75, 3.05) is 40.9 Å². The zero-order valence-electron chi connectivity index (χ0n) is 50.4. The van der Waals surface area contributed by atoms with Crippen LogP contribution in [-0.2, 0) is 27.9 Å². The van der Waals surface area contributed by atoms with E-state index in [2.05, 4.69) is 123 Å². The summed E-state index contributed by atoms with van der Waals surface area (Å²) in [6, 6.07) is -0.867. The Bertz CT molecular complexity index is 1690. The van der Waals surface area contributed by atoms with E-state index >= 15 is 0 Å². The second-order valence-electron chi connectivity index (χ2n) is 21.9. The Kier molecular flexibility index (Phi) is 53.5. The summed E-state index contributed by atoms with van der Waals surface area (Å²) in [6.07, 6.45) is 76.6. The summed E-state index contributed by atoms with van der Waals surface area (Å²) < 4.78 is 30.6. The third kappa shape index (κ3) is 57.2. The molecule has 0 aromatic heterocycles. The SMILES string of the molecule is CC/C=C\C/C=C\C/C=C\C/C=C\C/C=C\C/C=C\CCCCCCCCC(=O)OC(/C=C\CCCCCCCCCCC)C(COP(=O)(O)OCC[N+](C)(C)C)NC(=O)CCCCCCCC/C=C/C=C/CCCCC. The predicted octanol–water partition coefficient (Wildman–Crippen LogP) is 19.3. The number of ether oxygens (including phenoxy) is 1. The van der Waals surface area contributed by atoms with E-state index in [1.165, 1.54) is 70.6 Å². The Balaban J connectivity index is 5.21. The summed E-state index contributed by atoms with van der Waals surface area (Å²) in [7, 11) is 1.46. The summed E-state index contributed by atoms with van der Waals surface area (Å²) in [4.78, 5) is 37.7. The first-order chi connectivity index (χ1) is 37.4. The van der Waals surface area contributed by atoms with E-state index in [-0.39, 0.29) is 31.5 Å². The maximum atomic E-state index is 13.5. The number of phosphoric ester groups is 1. The maximum absolute atomic E-state index is 13.5. The van der Waals surface area contributed by atoms with Crippen LogP contribution in [0.15, 0.2) is 109 Å². The zero-order valence-corrected chi connectivity index (χ0v) is 51.3. The number of hydrogen-bond acceptors (Lipinski definition) is 6. The molecular weight excluding hydrogens is 976 g/mol. The lowest BCUT2D eigenvalue weighted by molar-refractivity contribution is -0.870. The van der Waals surface area contributed by atoms with Gasteiger partial charge in [-0.2, -0.15) is 0 Å². The minimum atomic E-state index is -4.46. The molecule has 0 aliphatic carbocycles. The van der Waals surface area contributed by atoms with Crippen molar-refractivity contribution in [1.82, 2.24) is 5.32 Å². The number of nitrogens with zero attached hydrogens (tertiary/aromatic N) is 1. The van der Waals surface area contributed by atoms with Crippen LogP contribution in [0.1, 0.15) is 252 Å². The maximum Gasteiger partial charge on any atom is 0.472 e. The molecule has 1 amide bonds. The predicted molar refractivity (Wildman–Crippen MR) is 332 cm³/mol. The molecule has 3 unspecified atom stereocenters. The molecule has 9 nitrogen and oxygen atoms in total. The molecule has 0 rings (SSSR count). The summed E-state index contributed by atoms with van der Waals surface area (Å²) >= 11 is 0. The molecule has 0 aliphatic rings. The highest BCUT2D eigenvalue weighted by atomic mass is 31.2. The van der Waals surface area contributed by atoms with Crippen molar-refractivity contribution >= 4 is 19.7 Å². The number of esters is 1. The molecule has 2 N–H and O–H groups in total. The van der Waals surface area contributed by atoms with Gasteiger partial charge in [0.2, 0.25) is 5.91 Å². The number of unbranched alkanes of at least 4 members (excludes halogenated alkanes) is 24. The standard InChI is InChI=1S/C67H117N2O7P/c1-7-10-13-16-19-22-25-27-29-30-31-32-33-34-35-36-37-38-40-42-45-48-51-54-57-60-67(71)76-65(58-55-52-49-46-43-24-21-18-15-12-9-3)64(63-75-77(72,73)74-62-61-69(4,5)6)68-66(70)59-56-53-50-47-44-41-39-28-26-23-20-17-14-11-8-2/h10,13,19-20,22-23,26-29,31-32,34-35,37-38,55,58,64-65H,7-9,11-12,14-18,21,24-25,30,33,36,39-54,56-57,59-63H2,1-6H3,(H-,68,70,72,73)/p+1/b13-10-,22-19-,23-20+,28-26+,29-27-,32-31-,35-34-,38-37-,58-55-. The highest BCUT2D eigenvalue weighted by Gasteiger charge is 2.30. The molecule has 0 spiro atoms. The van der Waals surface area contributed by atoms with E-state index in [9.17, 15) is 19.0 Å². The van der Waals surface area contributed by atoms with Gasteiger partial charge in [-0.15, -0.1) is 0 Å². The van der Waals surface area contributed by atoms with Gasteiger partial charge in [-0.3, -0.25) is 18.6 Å². The Hall–Kier alpha value is -3.33. The normalized spacial score (nSPS) is 14.4. The highest BCUT2D eigenvalue weighted by Crippen LogP contribution is 2.43. The Morgan fingerprint density at radius 3 is 1.35 bits per heavy atom. The summed E-state index contributed by atoms with van der Waals surface area (Å²) in [5, 5.41) is 3.04. The number of nitrogens with one attached hydrogen (secondary N) is 1. The topological polar surface area (TPSA) is 111 Å². The molecule has 0 heterocycles. The minimum Gasteiger partial charge on any atom is -0.456 e. The first-order valence-electron chi connectivity index (χ1n) is 31.2. The van der Waals surface area contributed by atoms with Crippen LogP contribution in [0.5, 0.6) is 0 Å². The van der Waals surface area contributed by atoms with Crippen LogP contribution < -0.4 is 5.32 Å². The van der Waals surface area contributed by atoms with Crippen LogP contribution in [0.3, 0.4) is 0 Å². The van der Waals surface area contributed by atoms with E-state index in [0.29, 0.717) is 23.9 Å². The van der Waals surface area contributed by atoms with Crippen LogP contribution >= 0.6 is 7.82 Å². The van der Waals surface area contributed by atoms with Gasteiger partial charge in [-0.1, -0.05) is 240 Å². The Morgan fingerprint density at radius 2 is 0.870 bits per heavy atom. The molecule has 77 heavy (non-hydrogen) atoms. The first-order valence-corrected chi connectivity index (χ1v) is 32.7. The number of rotatable bonds is 55. The van der Waals surface area contributed by atoms with Crippen molar-refractivity contribution in [2.45, 2.75) is 264 Å². The van der Waals surface area contributed by atoms with E-state index < -0.39 is 20.0 Å². The minimum absolute atomic E-state index is 0.0298. The molecule has 0 aromatic rings. The van der Waals surface area contributed by atoms with Crippen LogP contribution in [0.25, 0.3) is 0 Å².